The highest BCUT2D eigenvalue weighted by Gasteiger charge is 2.31. The van der Waals surface area contributed by atoms with E-state index in [-0.39, 0.29) is 11.9 Å². The van der Waals surface area contributed by atoms with Gasteiger partial charge in [-0.15, -0.1) is 5.10 Å². The summed E-state index contributed by atoms with van der Waals surface area (Å²) in [4.78, 5) is 11.2. The van der Waals surface area contributed by atoms with Crippen LogP contribution in [0.25, 0.3) is 4.96 Å². The molecule has 7 heteroatoms. The van der Waals surface area contributed by atoms with Gasteiger partial charge in [0.1, 0.15) is 0 Å². The summed E-state index contributed by atoms with van der Waals surface area (Å²) in [6, 6.07) is 19.2. The van der Waals surface area contributed by atoms with E-state index >= 15 is 0 Å². The van der Waals surface area contributed by atoms with E-state index in [0.717, 1.165) is 48.3 Å². The number of aromatic nitrogens is 3. The zero-order valence-corrected chi connectivity index (χ0v) is 18.7. The molecule has 31 heavy (non-hydrogen) atoms. The SMILES string of the molecule is CCc1nc2sc([C@H](c3cccc(C)c3)N3CCN(c4ccccc4)CC3)c(O)n2n1. The second-order valence-electron chi connectivity index (χ2n) is 8.04. The number of rotatable bonds is 5. The maximum absolute atomic E-state index is 11.1. The van der Waals surface area contributed by atoms with Crippen molar-refractivity contribution in [3.05, 3.63) is 76.4 Å². The van der Waals surface area contributed by atoms with E-state index in [2.05, 4.69) is 81.4 Å². The quantitative estimate of drug-likeness (QED) is 0.509. The maximum atomic E-state index is 11.1. The molecule has 1 saturated heterocycles. The van der Waals surface area contributed by atoms with E-state index in [9.17, 15) is 5.11 Å². The molecule has 0 aliphatic carbocycles. The number of benzene rings is 2. The van der Waals surface area contributed by atoms with Gasteiger partial charge >= 0.3 is 0 Å². The monoisotopic (exact) mass is 433 g/mol. The van der Waals surface area contributed by atoms with Crippen molar-refractivity contribution >= 4 is 22.0 Å². The Bertz CT molecular complexity index is 1180. The molecule has 0 spiro atoms. The lowest BCUT2D eigenvalue weighted by Gasteiger charge is -2.40. The molecule has 160 valence electrons. The first-order chi connectivity index (χ1) is 15.1. The third kappa shape index (κ3) is 3.79. The minimum Gasteiger partial charge on any atom is -0.492 e. The molecule has 4 aromatic rings. The fourth-order valence-corrected chi connectivity index (χ4v) is 5.50. The van der Waals surface area contributed by atoms with Crippen LogP contribution < -0.4 is 4.90 Å². The highest BCUT2D eigenvalue weighted by Crippen LogP contribution is 2.40. The Morgan fingerprint density at radius 1 is 1.03 bits per heavy atom. The number of hydrogen-bond donors (Lipinski definition) is 1. The van der Waals surface area contributed by atoms with Crippen molar-refractivity contribution in [1.82, 2.24) is 19.5 Å². The van der Waals surface area contributed by atoms with Gasteiger partial charge in [0, 0.05) is 38.3 Å². The van der Waals surface area contributed by atoms with Crippen molar-refractivity contribution in [3.8, 4) is 5.88 Å². The number of aromatic hydroxyl groups is 1. The second kappa shape index (κ2) is 8.32. The number of piperazine rings is 1. The molecular formula is C24H27N5OS. The molecule has 2 aromatic heterocycles. The van der Waals surface area contributed by atoms with Crippen LogP contribution >= 0.6 is 11.3 Å². The summed E-state index contributed by atoms with van der Waals surface area (Å²) < 4.78 is 1.60. The predicted molar refractivity (Wildman–Crippen MR) is 125 cm³/mol. The molecule has 1 aliphatic heterocycles. The minimum atomic E-state index is -0.0172. The third-order valence-electron chi connectivity index (χ3n) is 5.97. The van der Waals surface area contributed by atoms with Crippen LogP contribution in [0.3, 0.4) is 0 Å². The van der Waals surface area contributed by atoms with Crippen LogP contribution in [0.5, 0.6) is 5.88 Å². The lowest BCUT2D eigenvalue weighted by atomic mass is 10.0. The first-order valence-electron chi connectivity index (χ1n) is 10.8. The van der Waals surface area contributed by atoms with E-state index in [1.54, 1.807) is 15.9 Å². The Morgan fingerprint density at radius 3 is 2.48 bits per heavy atom. The summed E-state index contributed by atoms with van der Waals surface area (Å²) in [5, 5.41) is 15.6. The van der Waals surface area contributed by atoms with E-state index in [4.69, 9.17) is 0 Å². The van der Waals surface area contributed by atoms with Crippen LogP contribution in [0.4, 0.5) is 5.69 Å². The first-order valence-corrected chi connectivity index (χ1v) is 11.6. The lowest BCUT2D eigenvalue weighted by molar-refractivity contribution is 0.211. The molecule has 1 aliphatic rings. The van der Waals surface area contributed by atoms with Gasteiger partial charge in [0.25, 0.3) is 0 Å². The molecule has 3 heterocycles. The van der Waals surface area contributed by atoms with Gasteiger partial charge in [0.05, 0.1) is 10.9 Å². The van der Waals surface area contributed by atoms with Gasteiger partial charge in [-0.25, -0.2) is 4.98 Å². The van der Waals surface area contributed by atoms with Crippen molar-refractivity contribution in [2.24, 2.45) is 0 Å². The van der Waals surface area contributed by atoms with Crippen LogP contribution in [-0.4, -0.2) is 50.8 Å². The van der Waals surface area contributed by atoms with Crippen LogP contribution in [0.2, 0.25) is 0 Å². The van der Waals surface area contributed by atoms with Crippen molar-refractivity contribution in [2.45, 2.75) is 26.3 Å². The van der Waals surface area contributed by atoms with Crippen molar-refractivity contribution in [1.29, 1.82) is 0 Å². The van der Waals surface area contributed by atoms with Crippen molar-refractivity contribution < 1.29 is 5.11 Å². The number of hydrogen-bond acceptors (Lipinski definition) is 6. The van der Waals surface area contributed by atoms with E-state index < -0.39 is 0 Å². The highest BCUT2D eigenvalue weighted by atomic mass is 32.1. The van der Waals surface area contributed by atoms with Gasteiger partial charge in [0.2, 0.25) is 10.8 Å². The number of nitrogens with zero attached hydrogens (tertiary/aromatic N) is 5. The summed E-state index contributed by atoms with van der Waals surface area (Å²) in [5.41, 5.74) is 3.68. The Labute approximate surface area is 186 Å². The molecule has 6 nitrogen and oxygen atoms in total. The van der Waals surface area contributed by atoms with Crippen molar-refractivity contribution in [3.63, 3.8) is 0 Å². The van der Waals surface area contributed by atoms with Gasteiger partial charge in [-0.3, -0.25) is 4.90 Å². The van der Waals surface area contributed by atoms with Crippen LogP contribution in [0.1, 0.15) is 34.8 Å². The number of fused-ring (bicyclic) bond motifs is 1. The molecule has 0 radical (unpaired) electrons. The first kappa shape index (κ1) is 20.0. The van der Waals surface area contributed by atoms with Crippen LogP contribution in [0, 0.1) is 6.92 Å². The molecular weight excluding hydrogens is 406 g/mol. The average molecular weight is 434 g/mol. The summed E-state index contributed by atoms with van der Waals surface area (Å²) >= 11 is 1.54. The standard InChI is InChI=1S/C24H27N5OS/c1-3-20-25-24-29(26-20)23(30)22(31-24)21(18-9-7-8-17(2)16-18)28-14-12-27(13-15-28)19-10-5-4-6-11-19/h4-11,16,21,30H,3,12-15H2,1-2H3/t21-/m0/s1. The summed E-state index contributed by atoms with van der Waals surface area (Å²) in [5.74, 6) is 0.973. The summed E-state index contributed by atoms with van der Waals surface area (Å²) in [6.45, 7) is 7.88. The largest absolute Gasteiger partial charge is 0.492 e. The molecule has 0 saturated carbocycles. The number of thiazole rings is 1. The molecule has 0 amide bonds. The van der Waals surface area contributed by atoms with Crippen molar-refractivity contribution in [2.75, 3.05) is 31.1 Å². The predicted octanol–water partition coefficient (Wildman–Crippen LogP) is 4.28. The van der Waals surface area contributed by atoms with Gasteiger partial charge in [-0.05, 0) is 24.6 Å². The number of para-hydroxylation sites is 1. The maximum Gasteiger partial charge on any atom is 0.230 e. The Balaban J connectivity index is 1.49. The third-order valence-corrected chi connectivity index (χ3v) is 7.04. The lowest BCUT2D eigenvalue weighted by Crippen LogP contribution is -2.47. The topological polar surface area (TPSA) is 56.9 Å². The molecule has 2 aromatic carbocycles. The zero-order valence-electron chi connectivity index (χ0n) is 17.9. The zero-order chi connectivity index (χ0) is 21.4. The minimum absolute atomic E-state index is 0.0172. The molecule has 0 bridgehead atoms. The van der Waals surface area contributed by atoms with Gasteiger partial charge in [-0.2, -0.15) is 4.52 Å². The Morgan fingerprint density at radius 2 is 1.81 bits per heavy atom. The van der Waals surface area contributed by atoms with Crippen LogP contribution in [0.15, 0.2) is 54.6 Å². The molecule has 1 fully saturated rings. The molecule has 0 unspecified atom stereocenters. The van der Waals surface area contributed by atoms with E-state index in [1.807, 2.05) is 6.92 Å². The number of anilines is 1. The molecule has 1 N–H and O–H groups in total. The normalized spacial score (nSPS) is 16.1. The molecule has 1 atom stereocenters. The Kier molecular flexibility index (Phi) is 5.38. The fraction of sp³-hybridized carbons (Fsp3) is 0.333. The summed E-state index contributed by atoms with van der Waals surface area (Å²) in [7, 11) is 0. The molecule has 5 rings (SSSR count). The Hall–Kier alpha value is -2.90. The van der Waals surface area contributed by atoms with Gasteiger partial charge < -0.3 is 10.0 Å². The smallest absolute Gasteiger partial charge is 0.230 e. The van der Waals surface area contributed by atoms with Gasteiger partial charge in [-0.1, -0.05) is 66.3 Å². The second-order valence-corrected chi connectivity index (χ2v) is 9.05. The van der Waals surface area contributed by atoms with Crippen LogP contribution in [-0.2, 0) is 6.42 Å². The fourth-order valence-electron chi connectivity index (χ4n) is 4.36. The van der Waals surface area contributed by atoms with Gasteiger partial charge in [0.15, 0.2) is 5.82 Å². The van der Waals surface area contributed by atoms with E-state index in [1.165, 1.54) is 16.8 Å². The highest BCUT2D eigenvalue weighted by molar-refractivity contribution is 7.17. The van der Waals surface area contributed by atoms with E-state index in [0.29, 0.717) is 0 Å². The number of aryl methyl sites for hydroxylation is 2. The average Bonchev–Trinajstić information content (AvgIpc) is 3.34. The summed E-state index contributed by atoms with van der Waals surface area (Å²) in [6.07, 6.45) is 0.756.